The number of carbonyl (C=O) groups is 1. The highest BCUT2D eigenvalue weighted by atomic mass is 32.2. The third-order valence-electron chi connectivity index (χ3n) is 3.85. The highest BCUT2D eigenvalue weighted by Gasteiger charge is 2.08. The number of nitrogens with one attached hydrogen (secondary N) is 1. The summed E-state index contributed by atoms with van der Waals surface area (Å²) in [5.74, 6) is 0.395. The maximum atomic E-state index is 12.0. The van der Waals surface area contributed by atoms with Crippen LogP contribution in [0.25, 0.3) is 11.0 Å². The van der Waals surface area contributed by atoms with Crippen LogP contribution in [0.2, 0.25) is 0 Å². The molecule has 2 aromatic carbocycles. The number of hydrogen-bond acceptors (Lipinski definition) is 4. The van der Waals surface area contributed by atoms with Gasteiger partial charge in [-0.1, -0.05) is 54.2 Å². The molecular weight excluding hydrogens is 330 g/mol. The summed E-state index contributed by atoms with van der Waals surface area (Å²) >= 11 is 1.44. The maximum Gasteiger partial charge on any atom is 0.230 e. The monoisotopic (exact) mass is 351 g/mol. The number of amides is 1. The van der Waals surface area contributed by atoms with Crippen LogP contribution in [0.15, 0.2) is 59.6 Å². The van der Waals surface area contributed by atoms with E-state index in [9.17, 15) is 4.79 Å². The van der Waals surface area contributed by atoms with Crippen molar-refractivity contribution in [2.45, 2.75) is 24.8 Å². The Balaban J connectivity index is 1.45. The van der Waals surface area contributed by atoms with Gasteiger partial charge in [0.2, 0.25) is 5.91 Å². The second-order valence-corrected chi connectivity index (χ2v) is 6.79. The quantitative estimate of drug-likeness (QED) is 0.520. The minimum atomic E-state index is 0.0346. The van der Waals surface area contributed by atoms with Crippen molar-refractivity contribution < 1.29 is 4.79 Å². The first-order valence-corrected chi connectivity index (χ1v) is 9.38. The second-order valence-electron chi connectivity index (χ2n) is 5.83. The molecule has 0 saturated heterocycles. The number of benzene rings is 2. The second kappa shape index (κ2) is 8.62. The van der Waals surface area contributed by atoms with Gasteiger partial charge in [0.1, 0.15) is 5.03 Å². The number of hydrogen-bond donors (Lipinski definition) is 1. The first-order valence-electron chi connectivity index (χ1n) is 8.39. The van der Waals surface area contributed by atoms with E-state index < -0.39 is 0 Å². The van der Waals surface area contributed by atoms with Gasteiger partial charge in [0.25, 0.3) is 0 Å². The molecule has 1 aromatic heterocycles. The molecule has 5 heteroatoms. The molecule has 4 nitrogen and oxygen atoms in total. The minimum Gasteiger partial charge on any atom is -0.355 e. The van der Waals surface area contributed by atoms with Gasteiger partial charge in [-0.3, -0.25) is 4.79 Å². The molecule has 0 fully saturated rings. The maximum absolute atomic E-state index is 12.0. The third kappa shape index (κ3) is 5.03. The summed E-state index contributed by atoms with van der Waals surface area (Å²) in [6, 6.07) is 18.1. The molecule has 1 N–H and O–H groups in total. The topological polar surface area (TPSA) is 54.9 Å². The van der Waals surface area contributed by atoms with Gasteiger partial charge < -0.3 is 5.32 Å². The fourth-order valence-corrected chi connectivity index (χ4v) is 3.35. The van der Waals surface area contributed by atoms with Crippen molar-refractivity contribution in [1.29, 1.82) is 0 Å². The normalized spacial score (nSPS) is 10.8. The molecule has 25 heavy (non-hydrogen) atoms. The lowest BCUT2D eigenvalue weighted by Crippen LogP contribution is -2.26. The summed E-state index contributed by atoms with van der Waals surface area (Å²) in [7, 11) is 0. The van der Waals surface area contributed by atoms with E-state index in [1.54, 1.807) is 0 Å². The Kier molecular flexibility index (Phi) is 6.01. The van der Waals surface area contributed by atoms with Crippen LogP contribution in [0.5, 0.6) is 0 Å². The Morgan fingerprint density at radius 3 is 2.44 bits per heavy atom. The molecule has 0 aliphatic carbocycles. The molecule has 3 aromatic rings. The zero-order valence-electron chi connectivity index (χ0n) is 14.2. The molecule has 3 rings (SSSR count). The van der Waals surface area contributed by atoms with Crippen LogP contribution in [-0.2, 0) is 11.2 Å². The molecule has 0 aliphatic rings. The molecule has 0 saturated carbocycles. The molecule has 0 spiro atoms. The summed E-state index contributed by atoms with van der Waals surface area (Å²) in [5, 5.41) is 3.79. The largest absolute Gasteiger partial charge is 0.355 e. The fourth-order valence-electron chi connectivity index (χ4n) is 2.56. The van der Waals surface area contributed by atoms with Crippen LogP contribution in [0.1, 0.15) is 17.7 Å². The number of aryl methyl sites for hydroxylation is 2. The zero-order chi connectivity index (χ0) is 17.5. The van der Waals surface area contributed by atoms with Gasteiger partial charge in [0, 0.05) is 6.54 Å². The van der Waals surface area contributed by atoms with Crippen LogP contribution >= 0.6 is 11.8 Å². The summed E-state index contributed by atoms with van der Waals surface area (Å²) < 4.78 is 0. The van der Waals surface area contributed by atoms with E-state index in [1.165, 1.54) is 17.3 Å². The average molecular weight is 351 g/mol. The Morgan fingerprint density at radius 1 is 1.00 bits per heavy atom. The Morgan fingerprint density at radius 2 is 1.68 bits per heavy atom. The molecule has 0 bridgehead atoms. The van der Waals surface area contributed by atoms with Crippen molar-refractivity contribution in [2.75, 3.05) is 12.3 Å². The van der Waals surface area contributed by atoms with Crippen molar-refractivity contribution >= 4 is 28.7 Å². The minimum absolute atomic E-state index is 0.0346. The summed E-state index contributed by atoms with van der Waals surface area (Å²) in [6.45, 7) is 2.62. The average Bonchev–Trinajstić information content (AvgIpc) is 2.64. The summed E-state index contributed by atoms with van der Waals surface area (Å²) in [6.07, 6.45) is 1.92. The van der Waals surface area contributed by atoms with Crippen LogP contribution in [0.4, 0.5) is 0 Å². The van der Waals surface area contributed by atoms with Gasteiger partial charge in [0.15, 0.2) is 0 Å². The van der Waals surface area contributed by atoms with Gasteiger partial charge in [-0.15, -0.1) is 0 Å². The fraction of sp³-hybridized carbons (Fsp3) is 0.250. The van der Waals surface area contributed by atoms with Crippen molar-refractivity contribution in [3.63, 3.8) is 0 Å². The van der Waals surface area contributed by atoms with E-state index >= 15 is 0 Å². The summed E-state index contributed by atoms with van der Waals surface area (Å²) in [4.78, 5) is 21.2. The van der Waals surface area contributed by atoms with Crippen molar-refractivity contribution in [2.24, 2.45) is 0 Å². The Hall–Kier alpha value is -2.40. The molecule has 1 amide bonds. The molecule has 1 heterocycles. The molecule has 128 valence electrons. The molecular formula is C20H21N3OS. The van der Waals surface area contributed by atoms with Gasteiger partial charge >= 0.3 is 0 Å². The van der Waals surface area contributed by atoms with E-state index in [0.29, 0.717) is 12.3 Å². The predicted octanol–water partition coefficient (Wildman–Crippen LogP) is 3.78. The number of thioether (sulfide) groups is 1. The number of para-hydroxylation sites is 2. The highest BCUT2D eigenvalue weighted by molar-refractivity contribution is 7.99. The van der Waals surface area contributed by atoms with Gasteiger partial charge in [-0.25, -0.2) is 9.97 Å². The van der Waals surface area contributed by atoms with Crippen LogP contribution in [0.3, 0.4) is 0 Å². The van der Waals surface area contributed by atoms with E-state index in [4.69, 9.17) is 0 Å². The number of aromatic nitrogens is 2. The standard InChI is InChI=1S/C20H21N3OS/c1-15-20(23-18-12-6-5-11-17(18)22-15)25-14-19(24)21-13-7-10-16-8-3-2-4-9-16/h2-6,8-9,11-12H,7,10,13-14H2,1H3,(H,21,24). The van der Waals surface area contributed by atoms with E-state index in [-0.39, 0.29) is 5.91 Å². The highest BCUT2D eigenvalue weighted by Crippen LogP contribution is 2.21. The van der Waals surface area contributed by atoms with E-state index in [2.05, 4.69) is 27.4 Å². The van der Waals surface area contributed by atoms with Gasteiger partial charge in [-0.2, -0.15) is 0 Å². The number of carbonyl (C=O) groups excluding carboxylic acids is 1. The number of fused-ring (bicyclic) bond motifs is 1. The van der Waals surface area contributed by atoms with E-state index in [0.717, 1.165) is 34.6 Å². The SMILES string of the molecule is Cc1nc2ccccc2nc1SCC(=O)NCCCc1ccccc1. The molecule has 0 radical (unpaired) electrons. The number of nitrogens with zero attached hydrogens (tertiary/aromatic N) is 2. The molecule has 0 atom stereocenters. The van der Waals surface area contributed by atoms with E-state index in [1.807, 2.05) is 49.4 Å². The first-order chi connectivity index (χ1) is 12.2. The van der Waals surface area contributed by atoms with Crippen LogP contribution in [-0.4, -0.2) is 28.2 Å². The van der Waals surface area contributed by atoms with Crippen LogP contribution < -0.4 is 5.32 Å². The predicted molar refractivity (Wildman–Crippen MR) is 103 cm³/mol. The van der Waals surface area contributed by atoms with Crippen molar-refractivity contribution in [1.82, 2.24) is 15.3 Å². The van der Waals surface area contributed by atoms with Gasteiger partial charge in [0.05, 0.1) is 22.5 Å². The van der Waals surface area contributed by atoms with Crippen molar-refractivity contribution in [3.8, 4) is 0 Å². The smallest absolute Gasteiger partial charge is 0.230 e. The lowest BCUT2D eigenvalue weighted by Gasteiger charge is -2.07. The molecule has 0 unspecified atom stereocenters. The molecule has 0 aliphatic heterocycles. The lowest BCUT2D eigenvalue weighted by atomic mass is 10.1. The third-order valence-corrected chi connectivity index (χ3v) is 4.92. The summed E-state index contributed by atoms with van der Waals surface area (Å²) in [5.41, 5.74) is 3.90. The Bertz CT molecular complexity index is 852. The number of rotatable bonds is 7. The lowest BCUT2D eigenvalue weighted by molar-refractivity contribution is -0.118. The van der Waals surface area contributed by atoms with Crippen molar-refractivity contribution in [3.05, 3.63) is 65.9 Å². The first kappa shape index (κ1) is 17.4. The van der Waals surface area contributed by atoms with Crippen LogP contribution in [0, 0.1) is 6.92 Å². The zero-order valence-corrected chi connectivity index (χ0v) is 15.1. The van der Waals surface area contributed by atoms with Gasteiger partial charge in [-0.05, 0) is 37.5 Å². The Labute approximate surface area is 152 Å².